The monoisotopic (exact) mass is 464 g/mol. The molecule has 0 saturated carbocycles. The molecule has 0 atom stereocenters. The number of aryl methyl sites for hydroxylation is 1. The maximum Gasteiger partial charge on any atom is 0.324 e. The van der Waals surface area contributed by atoms with Crippen LogP contribution in [0, 0.1) is 12.7 Å². The molecule has 0 unspecified atom stereocenters. The number of anilines is 2. The fourth-order valence-corrected chi connectivity index (χ4v) is 4.13. The van der Waals surface area contributed by atoms with Crippen molar-refractivity contribution in [1.29, 1.82) is 0 Å². The first-order chi connectivity index (χ1) is 15.9. The van der Waals surface area contributed by atoms with E-state index in [-0.39, 0.29) is 18.2 Å². The summed E-state index contributed by atoms with van der Waals surface area (Å²) in [5.41, 5.74) is 2.11. The van der Waals surface area contributed by atoms with Gasteiger partial charge in [-0.2, -0.15) is 0 Å². The zero-order chi connectivity index (χ0) is 23.4. The second-order valence-corrected chi connectivity index (χ2v) is 8.37. The molecule has 2 aromatic heterocycles. The lowest BCUT2D eigenvalue weighted by molar-refractivity contribution is 0.0958. The molecule has 2 heterocycles. The number of amides is 3. The fraction of sp³-hybridized carbons (Fsp3) is 0.125. The number of carbonyl (C=O) groups is 2. The third kappa shape index (κ3) is 5.45. The minimum atomic E-state index is -0.521. The smallest absolute Gasteiger partial charge is 0.324 e. The molecular formula is C24H21FN4O3S. The second-order valence-electron chi connectivity index (χ2n) is 7.29. The third-order valence-electron chi connectivity index (χ3n) is 4.79. The van der Waals surface area contributed by atoms with E-state index < -0.39 is 11.8 Å². The van der Waals surface area contributed by atoms with Gasteiger partial charge in [0, 0.05) is 17.9 Å². The van der Waals surface area contributed by atoms with Crippen molar-refractivity contribution in [2.45, 2.75) is 13.5 Å². The van der Waals surface area contributed by atoms with Crippen molar-refractivity contribution >= 4 is 44.0 Å². The minimum absolute atomic E-state index is 0.125. The molecule has 0 aliphatic carbocycles. The van der Waals surface area contributed by atoms with Gasteiger partial charge in [-0.05, 0) is 72.0 Å². The van der Waals surface area contributed by atoms with Gasteiger partial charge in [0.05, 0.1) is 10.7 Å². The summed E-state index contributed by atoms with van der Waals surface area (Å²) in [6.07, 6.45) is 1.57. The Bertz CT molecular complexity index is 1340. The molecule has 3 amide bonds. The van der Waals surface area contributed by atoms with E-state index in [1.165, 1.54) is 17.4 Å². The van der Waals surface area contributed by atoms with Gasteiger partial charge in [0.1, 0.15) is 23.9 Å². The molecule has 168 valence electrons. The summed E-state index contributed by atoms with van der Waals surface area (Å²) in [6, 6.07) is 14.9. The Kier molecular flexibility index (Phi) is 6.50. The van der Waals surface area contributed by atoms with Gasteiger partial charge in [0.15, 0.2) is 0 Å². The van der Waals surface area contributed by atoms with Crippen molar-refractivity contribution in [3.05, 3.63) is 83.4 Å². The van der Waals surface area contributed by atoms with Gasteiger partial charge < -0.3 is 15.4 Å². The van der Waals surface area contributed by atoms with Crippen LogP contribution >= 0.6 is 11.3 Å². The predicted molar refractivity (Wildman–Crippen MR) is 128 cm³/mol. The Labute approximate surface area is 193 Å². The van der Waals surface area contributed by atoms with Crippen molar-refractivity contribution in [2.24, 2.45) is 0 Å². The second kappa shape index (κ2) is 9.66. The first-order valence-corrected chi connectivity index (χ1v) is 10.9. The average Bonchev–Trinajstić information content (AvgIpc) is 3.21. The van der Waals surface area contributed by atoms with Gasteiger partial charge in [-0.1, -0.05) is 6.07 Å². The quantitative estimate of drug-likeness (QED) is 0.360. The van der Waals surface area contributed by atoms with Crippen molar-refractivity contribution in [3.8, 4) is 5.75 Å². The zero-order valence-electron chi connectivity index (χ0n) is 17.9. The van der Waals surface area contributed by atoms with Crippen LogP contribution in [0.5, 0.6) is 5.75 Å². The van der Waals surface area contributed by atoms with Crippen LogP contribution in [0.2, 0.25) is 0 Å². The highest BCUT2D eigenvalue weighted by Crippen LogP contribution is 2.33. The van der Waals surface area contributed by atoms with E-state index in [1.807, 2.05) is 31.2 Å². The van der Waals surface area contributed by atoms with E-state index in [2.05, 4.69) is 20.9 Å². The van der Waals surface area contributed by atoms with Crippen LogP contribution in [0.1, 0.15) is 21.6 Å². The third-order valence-corrected chi connectivity index (χ3v) is 5.80. The molecule has 0 radical (unpaired) electrons. The number of urea groups is 1. The summed E-state index contributed by atoms with van der Waals surface area (Å²) in [6.45, 7) is 2.10. The molecule has 4 aromatic rings. The van der Waals surface area contributed by atoms with Crippen molar-refractivity contribution in [3.63, 3.8) is 0 Å². The molecule has 33 heavy (non-hydrogen) atoms. The SMILES string of the molecule is CNC(=O)c1cc(COc2ccc3cc(NC(=O)Nc4cc(C)ccc4F)sc3c2)ccn1. The Hall–Kier alpha value is -3.98. The van der Waals surface area contributed by atoms with Crippen LogP contribution in [0.15, 0.2) is 60.8 Å². The predicted octanol–water partition coefficient (Wildman–Crippen LogP) is 5.33. The maximum absolute atomic E-state index is 13.9. The van der Waals surface area contributed by atoms with E-state index in [0.717, 1.165) is 21.2 Å². The number of rotatable bonds is 6. The Morgan fingerprint density at radius 3 is 2.73 bits per heavy atom. The number of carbonyl (C=O) groups excluding carboxylic acids is 2. The molecule has 0 bridgehead atoms. The zero-order valence-corrected chi connectivity index (χ0v) is 18.8. The van der Waals surface area contributed by atoms with Gasteiger partial charge in [-0.15, -0.1) is 11.3 Å². The van der Waals surface area contributed by atoms with Crippen molar-refractivity contribution in [2.75, 3.05) is 17.7 Å². The van der Waals surface area contributed by atoms with Gasteiger partial charge in [-0.25, -0.2) is 9.18 Å². The number of nitrogens with zero attached hydrogens (tertiary/aromatic N) is 1. The van der Waals surface area contributed by atoms with Gasteiger partial charge >= 0.3 is 6.03 Å². The first-order valence-electron chi connectivity index (χ1n) is 10.1. The average molecular weight is 465 g/mol. The van der Waals surface area contributed by atoms with Gasteiger partial charge in [0.25, 0.3) is 5.91 Å². The van der Waals surface area contributed by atoms with E-state index in [4.69, 9.17) is 4.74 Å². The van der Waals surface area contributed by atoms with E-state index in [9.17, 15) is 14.0 Å². The van der Waals surface area contributed by atoms with Crippen LogP contribution in [0.25, 0.3) is 10.1 Å². The summed E-state index contributed by atoms with van der Waals surface area (Å²) in [4.78, 5) is 28.1. The van der Waals surface area contributed by atoms with Crippen LogP contribution in [0.4, 0.5) is 19.9 Å². The van der Waals surface area contributed by atoms with Gasteiger partial charge in [0.2, 0.25) is 0 Å². The molecule has 0 fully saturated rings. The fourth-order valence-electron chi connectivity index (χ4n) is 3.15. The molecule has 0 aliphatic heterocycles. The number of thiophene rings is 1. The number of hydrogen-bond acceptors (Lipinski definition) is 5. The number of fused-ring (bicyclic) bond motifs is 1. The Morgan fingerprint density at radius 1 is 1.06 bits per heavy atom. The number of pyridine rings is 1. The van der Waals surface area contributed by atoms with E-state index in [0.29, 0.717) is 16.4 Å². The molecule has 2 aromatic carbocycles. The standard InChI is InChI=1S/C24H21FN4O3S/c1-14-3-6-18(25)19(9-14)28-24(31)29-22-11-16-4-5-17(12-21(16)33-22)32-13-15-7-8-27-20(10-15)23(30)26-2/h3-12H,13H2,1-2H3,(H,26,30)(H2,28,29,31). The largest absolute Gasteiger partial charge is 0.489 e. The number of halogens is 1. The van der Waals surface area contributed by atoms with Crippen molar-refractivity contribution in [1.82, 2.24) is 10.3 Å². The molecule has 9 heteroatoms. The molecular weight excluding hydrogens is 443 g/mol. The topological polar surface area (TPSA) is 92.4 Å². The van der Waals surface area contributed by atoms with Gasteiger partial charge in [-0.3, -0.25) is 15.1 Å². The van der Waals surface area contributed by atoms with E-state index in [1.54, 1.807) is 37.5 Å². The highest BCUT2D eigenvalue weighted by atomic mass is 32.1. The minimum Gasteiger partial charge on any atom is -0.489 e. The molecule has 0 saturated heterocycles. The van der Waals surface area contributed by atoms with Crippen LogP contribution in [-0.2, 0) is 6.61 Å². The van der Waals surface area contributed by atoms with Crippen molar-refractivity contribution < 1.29 is 18.7 Å². The van der Waals surface area contributed by atoms with Crippen LogP contribution in [-0.4, -0.2) is 24.0 Å². The van der Waals surface area contributed by atoms with Crippen LogP contribution in [0.3, 0.4) is 0 Å². The number of ether oxygens (including phenoxy) is 1. The maximum atomic E-state index is 13.9. The van der Waals surface area contributed by atoms with E-state index >= 15 is 0 Å². The molecule has 0 spiro atoms. The lowest BCUT2D eigenvalue weighted by Gasteiger charge is -2.07. The highest BCUT2D eigenvalue weighted by Gasteiger charge is 2.11. The molecule has 3 N–H and O–H groups in total. The molecule has 0 aliphatic rings. The normalized spacial score (nSPS) is 10.6. The summed E-state index contributed by atoms with van der Waals surface area (Å²) in [5, 5.41) is 9.38. The lowest BCUT2D eigenvalue weighted by atomic mass is 10.2. The number of benzene rings is 2. The number of nitrogens with one attached hydrogen (secondary N) is 3. The lowest BCUT2D eigenvalue weighted by Crippen LogP contribution is -2.19. The number of aromatic nitrogens is 1. The molecule has 7 nitrogen and oxygen atoms in total. The Morgan fingerprint density at radius 2 is 1.91 bits per heavy atom. The summed E-state index contributed by atoms with van der Waals surface area (Å²) >= 11 is 1.38. The first kappa shape index (κ1) is 22.2. The number of hydrogen-bond donors (Lipinski definition) is 3. The Balaban J connectivity index is 1.41. The molecule has 4 rings (SSSR count). The highest BCUT2D eigenvalue weighted by molar-refractivity contribution is 7.23. The summed E-state index contributed by atoms with van der Waals surface area (Å²) in [5.74, 6) is -0.0999. The van der Waals surface area contributed by atoms with Crippen LogP contribution < -0.4 is 20.7 Å². The summed E-state index contributed by atoms with van der Waals surface area (Å²) in [7, 11) is 1.55. The summed E-state index contributed by atoms with van der Waals surface area (Å²) < 4.78 is 20.7.